The average molecular weight is 338 g/mol. The summed E-state index contributed by atoms with van der Waals surface area (Å²) in [7, 11) is 0. The van der Waals surface area contributed by atoms with E-state index < -0.39 is 0 Å². The van der Waals surface area contributed by atoms with Gasteiger partial charge in [0, 0.05) is 31.7 Å². The maximum atomic E-state index is 12.1. The Labute approximate surface area is 147 Å². The zero-order chi connectivity index (χ0) is 17.1. The van der Waals surface area contributed by atoms with E-state index in [1.807, 2.05) is 18.2 Å². The molecule has 2 aliphatic heterocycles. The molecule has 2 aliphatic rings. The van der Waals surface area contributed by atoms with E-state index in [9.17, 15) is 4.79 Å². The summed E-state index contributed by atoms with van der Waals surface area (Å²) in [4.78, 5) is 14.4. The minimum absolute atomic E-state index is 0.0881. The Morgan fingerprint density at radius 2 is 2.00 bits per heavy atom. The Morgan fingerprint density at radius 3 is 2.96 bits per heavy atom. The van der Waals surface area contributed by atoms with Crippen LogP contribution in [0.2, 0.25) is 0 Å². The van der Waals surface area contributed by atoms with Gasteiger partial charge in [-0.3, -0.25) is 4.79 Å². The number of hydrogen-bond donors (Lipinski definition) is 1. The fraction of sp³-hybridized carbons (Fsp3) is 0.350. The van der Waals surface area contributed by atoms with E-state index in [4.69, 9.17) is 9.47 Å². The van der Waals surface area contributed by atoms with Crippen LogP contribution < -0.4 is 19.7 Å². The predicted octanol–water partition coefficient (Wildman–Crippen LogP) is 2.53. The van der Waals surface area contributed by atoms with E-state index in [0.717, 1.165) is 36.6 Å². The second-order valence-corrected chi connectivity index (χ2v) is 6.40. The van der Waals surface area contributed by atoms with Crippen molar-refractivity contribution in [2.45, 2.75) is 19.3 Å². The minimum atomic E-state index is 0.0881. The number of amides is 1. The summed E-state index contributed by atoms with van der Waals surface area (Å²) in [6.07, 6.45) is 2.28. The van der Waals surface area contributed by atoms with Crippen molar-refractivity contribution < 1.29 is 14.3 Å². The number of hydrogen-bond acceptors (Lipinski definition) is 4. The van der Waals surface area contributed by atoms with E-state index in [0.29, 0.717) is 19.4 Å². The summed E-state index contributed by atoms with van der Waals surface area (Å²) in [6.45, 7) is 2.84. The summed E-state index contributed by atoms with van der Waals surface area (Å²) in [5, 5.41) is 3.03. The number of rotatable bonds is 6. The number of anilines is 1. The topological polar surface area (TPSA) is 50.8 Å². The van der Waals surface area contributed by atoms with Gasteiger partial charge in [0.15, 0.2) is 11.5 Å². The fourth-order valence-electron chi connectivity index (χ4n) is 3.41. The van der Waals surface area contributed by atoms with Gasteiger partial charge in [0.1, 0.15) is 0 Å². The monoisotopic (exact) mass is 338 g/mol. The van der Waals surface area contributed by atoms with Gasteiger partial charge in [-0.05, 0) is 42.2 Å². The van der Waals surface area contributed by atoms with Gasteiger partial charge in [0.05, 0.1) is 0 Å². The van der Waals surface area contributed by atoms with Crippen molar-refractivity contribution in [1.82, 2.24) is 5.32 Å². The van der Waals surface area contributed by atoms with Gasteiger partial charge in [-0.1, -0.05) is 24.3 Å². The largest absolute Gasteiger partial charge is 0.454 e. The van der Waals surface area contributed by atoms with Crippen molar-refractivity contribution in [3.63, 3.8) is 0 Å². The van der Waals surface area contributed by atoms with Crippen LogP contribution in [-0.2, 0) is 17.6 Å². The lowest BCUT2D eigenvalue weighted by Gasteiger charge is -2.19. The Kier molecular flexibility index (Phi) is 4.46. The van der Waals surface area contributed by atoms with Crippen LogP contribution in [0, 0.1) is 0 Å². The molecule has 0 fully saturated rings. The van der Waals surface area contributed by atoms with Crippen LogP contribution in [0.15, 0.2) is 42.5 Å². The highest BCUT2D eigenvalue weighted by molar-refractivity contribution is 5.76. The summed E-state index contributed by atoms with van der Waals surface area (Å²) in [6, 6.07) is 14.3. The highest BCUT2D eigenvalue weighted by Crippen LogP contribution is 2.32. The molecule has 5 heteroatoms. The number of ether oxygens (including phenoxy) is 2. The van der Waals surface area contributed by atoms with E-state index >= 15 is 0 Å². The number of carbonyl (C=O) groups is 1. The Morgan fingerprint density at radius 1 is 1.12 bits per heavy atom. The van der Waals surface area contributed by atoms with E-state index in [1.165, 1.54) is 11.3 Å². The molecule has 5 nitrogen and oxygen atoms in total. The quantitative estimate of drug-likeness (QED) is 0.879. The first-order chi connectivity index (χ1) is 12.3. The maximum Gasteiger partial charge on any atom is 0.231 e. The summed E-state index contributed by atoms with van der Waals surface area (Å²) >= 11 is 0. The molecule has 1 N–H and O–H groups in total. The molecule has 0 saturated heterocycles. The second kappa shape index (κ2) is 7.05. The zero-order valence-electron chi connectivity index (χ0n) is 14.2. The van der Waals surface area contributed by atoms with Gasteiger partial charge >= 0.3 is 0 Å². The summed E-state index contributed by atoms with van der Waals surface area (Å²) < 4.78 is 10.7. The molecule has 2 aromatic rings. The van der Waals surface area contributed by atoms with Crippen molar-refractivity contribution in [3.8, 4) is 11.5 Å². The normalized spacial score (nSPS) is 14.5. The third kappa shape index (κ3) is 3.55. The first-order valence-corrected chi connectivity index (χ1v) is 8.78. The van der Waals surface area contributed by atoms with Crippen LogP contribution in [0.5, 0.6) is 11.5 Å². The van der Waals surface area contributed by atoms with Crippen molar-refractivity contribution in [2.75, 3.05) is 31.3 Å². The molecule has 0 spiro atoms. The molecule has 2 aromatic carbocycles. The van der Waals surface area contributed by atoms with Crippen LogP contribution in [0.25, 0.3) is 0 Å². The number of benzene rings is 2. The van der Waals surface area contributed by atoms with E-state index in [2.05, 4.69) is 34.5 Å². The molecule has 0 unspecified atom stereocenters. The third-order valence-electron chi connectivity index (χ3n) is 4.76. The number of carbonyl (C=O) groups excluding carboxylic acids is 1. The number of aryl methyl sites for hydroxylation is 1. The predicted molar refractivity (Wildman–Crippen MR) is 96.3 cm³/mol. The SMILES string of the molecule is O=C(CCc1ccc2c(c1)OCO2)NCCN1CCc2ccccc21. The molecular formula is C20H22N2O3. The summed E-state index contributed by atoms with van der Waals surface area (Å²) in [5.74, 6) is 1.63. The van der Waals surface area contributed by atoms with Crippen LogP contribution in [0.1, 0.15) is 17.5 Å². The lowest BCUT2D eigenvalue weighted by molar-refractivity contribution is -0.120. The van der Waals surface area contributed by atoms with Gasteiger partial charge in [0.2, 0.25) is 12.7 Å². The first kappa shape index (κ1) is 15.8. The molecule has 4 rings (SSSR count). The lowest BCUT2D eigenvalue weighted by atomic mass is 10.1. The van der Waals surface area contributed by atoms with Crippen molar-refractivity contribution in [3.05, 3.63) is 53.6 Å². The van der Waals surface area contributed by atoms with Gasteiger partial charge in [-0.2, -0.15) is 0 Å². The molecule has 0 saturated carbocycles. The highest BCUT2D eigenvalue weighted by atomic mass is 16.7. The molecule has 0 atom stereocenters. The minimum Gasteiger partial charge on any atom is -0.454 e. The van der Waals surface area contributed by atoms with Crippen LogP contribution in [0.4, 0.5) is 5.69 Å². The number of fused-ring (bicyclic) bond motifs is 2. The van der Waals surface area contributed by atoms with Crippen LogP contribution in [-0.4, -0.2) is 32.3 Å². The molecule has 0 aliphatic carbocycles. The molecule has 1 amide bonds. The van der Waals surface area contributed by atoms with Gasteiger partial charge in [-0.25, -0.2) is 0 Å². The van der Waals surface area contributed by atoms with E-state index in [-0.39, 0.29) is 12.7 Å². The second-order valence-electron chi connectivity index (χ2n) is 6.40. The maximum absolute atomic E-state index is 12.1. The first-order valence-electron chi connectivity index (χ1n) is 8.78. The lowest BCUT2D eigenvalue weighted by Crippen LogP contribution is -2.34. The standard InChI is InChI=1S/C20H22N2O3/c23-20(8-6-15-5-7-18-19(13-15)25-14-24-18)21-10-12-22-11-9-16-3-1-2-4-17(16)22/h1-5,7,13H,6,8-12,14H2,(H,21,23). The Bertz CT molecular complexity index is 775. The fourth-order valence-corrected chi connectivity index (χ4v) is 3.41. The average Bonchev–Trinajstić information content (AvgIpc) is 3.26. The Hall–Kier alpha value is -2.69. The third-order valence-corrected chi connectivity index (χ3v) is 4.76. The van der Waals surface area contributed by atoms with E-state index in [1.54, 1.807) is 0 Å². The van der Waals surface area contributed by atoms with Crippen molar-refractivity contribution in [1.29, 1.82) is 0 Å². The van der Waals surface area contributed by atoms with Gasteiger partial charge in [-0.15, -0.1) is 0 Å². The zero-order valence-corrected chi connectivity index (χ0v) is 14.2. The summed E-state index contributed by atoms with van der Waals surface area (Å²) in [5.41, 5.74) is 3.79. The van der Waals surface area contributed by atoms with Crippen molar-refractivity contribution in [2.24, 2.45) is 0 Å². The Balaban J connectivity index is 1.21. The van der Waals surface area contributed by atoms with Crippen molar-refractivity contribution >= 4 is 11.6 Å². The molecule has 25 heavy (non-hydrogen) atoms. The molecule has 2 heterocycles. The number of para-hydroxylation sites is 1. The smallest absolute Gasteiger partial charge is 0.231 e. The van der Waals surface area contributed by atoms with Gasteiger partial charge in [0.25, 0.3) is 0 Å². The molecule has 0 aromatic heterocycles. The van der Waals surface area contributed by atoms with Crippen LogP contribution >= 0.6 is 0 Å². The number of nitrogens with one attached hydrogen (secondary N) is 1. The molecular weight excluding hydrogens is 316 g/mol. The molecule has 130 valence electrons. The molecule has 0 bridgehead atoms. The van der Waals surface area contributed by atoms with Crippen LogP contribution in [0.3, 0.4) is 0 Å². The highest BCUT2D eigenvalue weighted by Gasteiger charge is 2.18. The number of nitrogens with zero attached hydrogens (tertiary/aromatic N) is 1. The molecule has 0 radical (unpaired) electrons. The van der Waals surface area contributed by atoms with Gasteiger partial charge < -0.3 is 19.7 Å².